The first-order valence-corrected chi connectivity index (χ1v) is 7.29. The Morgan fingerprint density at radius 3 is 2.76 bits per heavy atom. The summed E-state index contributed by atoms with van der Waals surface area (Å²) in [6.45, 7) is 6.83. The normalized spacial score (nSPS) is 18.9. The molecule has 0 radical (unpaired) electrons. The highest BCUT2D eigenvalue weighted by Gasteiger charge is 2.32. The van der Waals surface area contributed by atoms with E-state index in [0.717, 1.165) is 0 Å². The maximum absolute atomic E-state index is 12.7. The van der Waals surface area contributed by atoms with E-state index in [1.807, 2.05) is 13.8 Å². The molecule has 7 nitrogen and oxygen atoms in total. The number of methoxy groups -OCH3 is 1. The average Bonchev–Trinajstić information content (AvgIpc) is 2.42. The van der Waals surface area contributed by atoms with E-state index < -0.39 is 12.0 Å². The van der Waals surface area contributed by atoms with Gasteiger partial charge in [-0.05, 0) is 5.92 Å². The van der Waals surface area contributed by atoms with Crippen molar-refractivity contribution >= 4 is 12.0 Å². The Morgan fingerprint density at radius 2 is 2.19 bits per heavy atom. The quantitative estimate of drug-likeness (QED) is 0.755. The SMILES string of the molecule is COCCN(CC(C)C)C(=O)N1CCOCC1CC(=O)O. The van der Waals surface area contributed by atoms with Crippen molar-refractivity contribution in [3.8, 4) is 0 Å². The summed E-state index contributed by atoms with van der Waals surface area (Å²) in [7, 11) is 1.60. The molecule has 1 heterocycles. The van der Waals surface area contributed by atoms with Crippen LogP contribution in [0.3, 0.4) is 0 Å². The van der Waals surface area contributed by atoms with Crippen molar-refractivity contribution in [2.45, 2.75) is 26.3 Å². The Balaban J connectivity index is 2.74. The summed E-state index contributed by atoms with van der Waals surface area (Å²) in [5.74, 6) is -0.583. The number of carbonyl (C=O) groups is 2. The largest absolute Gasteiger partial charge is 0.481 e. The molecule has 1 atom stereocenters. The number of urea groups is 1. The Kier molecular flexibility index (Phi) is 7.45. The van der Waals surface area contributed by atoms with Crippen LogP contribution in [0.15, 0.2) is 0 Å². The Labute approximate surface area is 125 Å². The fourth-order valence-electron chi connectivity index (χ4n) is 2.37. The molecule has 1 fully saturated rings. The van der Waals surface area contributed by atoms with Crippen molar-refractivity contribution in [2.24, 2.45) is 5.92 Å². The predicted molar refractivity (Wildman–Crippen MR) is 77.2 cm³/mol. The number of nitrogens with zero attached hydrogens (tertiary/aromatic N) is 2. The van der Waals surface area contributed by atoms with Gasteiger partial charge in [-0.3, -0.25) is 4.79 Å². The molecule has 0 spiro atoms. The molecule has 0 aliphatic carbocycles. The zero-order chi connectivity index (χ0) is 15.8. The summed E-state index contributed by atoms with van der Waals surface area (Å²) in [4.78, 5) is 27.0. The number of ether oxygens (including phenoxy) is 2. The monoisotopic (exact) mass is 302 g/mol. The lowest BCUT2D eigenvalue weighted by Gasteiger charge is -2.38. The highest BCUT2D eigenvalue weighted by atomic mass is 16.5. The second kappa shape index (κ2) is 8.84. The Morgan fingerprint density at radius 1 is 1.48 bits per heavy atom. The van der Waals surface area contributed by atoms with Gasteiger partial charge in [0.15, 0.2) is 0 Å². The fraction of sp³-hybridized carbons (Fsp3) is 0.857. The average molecular weight is 302 g/mol. The van der Waals surface area contributed by atoms with E-state index in [1.54, 1.807) is 16.9 Å². The van der Waals surface area contributed by atoms with Gasteiger partial charge in [0.05, 0.1) is 32.3 Å². The zero-order valence-corrected chi connectivity index (χ0v) is 13.1. The number of amides is 2. The fourth-order valence-corrected chi connectivity index (χ4v) is 2.37. The minimum absolute atomic E-state index is 0.0917. The van der Waals surface area contributed by atoms with E-state index in [-0.39, 0.29) is 19.1 Å². The van der Waals surface area contributed by atoms with E-state index in [9.17, 15) is 9.59 Å². The molecule has 0 aromatic heterocycles. The van der Waals surface area contributed by atoms with Gasteiger partial charge in [-0.25, -0.2) is 4.79 Å². The molecule has 21 heavy (non-hydrogen) atoms. The second-order valence-electron chi connectivity index (χ2n) is 5.64. The molecule has 7 heteroatoms. The Hall–Kier alpha value is -1.34. The van der Waals surface area contributed by atoms with Crippen LogP contribution in [0.5, 0.6) is 0 Å². The summed E-state index contributed by atoms with van der Waals surface area (Å²) in [5.41, 5.74) is 0. The Bertz CT molecular complexity index is 348. The number of carboxylic acid groups (broad SMARTS) is 1. The first-order valence-electron chi connectivity index (χ1n) is 7.29. The van der Waals surface area contributed by atoms with Crippen molar-refractivity contribution in [1.29, 1.82) is 0 Å². The molecule has 0 bridgehead atoms. The lowest BCUT2D eigenvalue weighted by Crippen LogP contribution is -2.55. The second-order valence-corrected chi connectivity index (χ2v) is 5.64. The lowest BCUT2D eigenvalue weighted by atomic mass is 10.1. The minimum atomic E-state index is -0.921. The summed E-state index contributed by atoms with van der Waals surface area (Å²) < 4.78 is 10.4. The molecule has 1 aliphatic heterocycles. The van der Waals surface area contributed by atoms with Gasteiger partial charge in [-0.2, -0.15) is 0 Å². The first-order chi connectivity index (χ1) is 9.95. The van der Waals surface area contributed by atoms with Gasteiger partial charge in [0.25, 0.3) is 0 Å². The van der Waals surface area contributed by atoms with Crippen LogP contribution in [-0.4, -0.2) is 79.5 Å². The number of aliphatic carboxylic acids is 1. The molecule has 0 aromatic rings. The summed E-state index contributed by atoms with van der Waals surface area (Å²) in [6.07, 6.45) is -0.0917. The van der Waals surface area contributed by atoms with Crippen molar-refractivity contribution in [3.05, 3.63) is 0 Å². The first kappa shape index (κ1) is 17.7. The van der Waals surface area contributed by atoms with Gasteiger partial charge in [0, 0.05) is 26.7 Å². The highest BCUT2D eigenvalue weighted by molar-refractivity contribution is 5.76. The van der Waals surface area contributed by atoms with E-state index in [2.05, 4.69) is 0 Å². The molecule has 1 aliphatic rings. The van der Waals surface area contributed by atoms with Crippen LogP contribution in [0.25, 0.3) is 0 Å². The summed E-state index contributed by atoms with van der Waals surface area (Å²) >= 11 is 0. The van der Waals surface area contributed by atoms with Crippen LogP contribution in [0.4, 0.5) is 4.79 Å². The van der Waals surface area contributed by atoms with Crippen molar-refractivity contribution in [2.75, 3.05) is 46.6 Å². The number of hydrogen-bond donors (Lipinski definition) is 1. The molecular formula is C14H26N2O5. The molecule has 122 valence electrons. The van der Waals surface area contributed by atoms with Gasteiger partial charge in [-0.15, -0.1) is 0 Å². The molecule has 1 saturated heterocycles. The molecule has 0 saturated carbocycles. The summed E-state index contributed by atoms with van der Waals surface area (Å²) in [6, 6.07) is -0.531. The van der Waals surface area contributed by atoms with Crippen LogP contribution in [0.1, 0.15) is 20.3 Å². The van der Waals surface area contributed by atoms with Gasteiger partial charge >= 0.3 is 12.0 Å². The predicted octanol–water partition coefficient (Wildman–Crippen LogP) is 0.886. The number of morpholine rings is 1. The molecule has 0 aromatic carbocycles. The van der Waals surface area contributed by atoms with Crippen LogP contribution in [0.2, 0.25) is 0 Å². The molecule has 1 unspecified atom stereocenters. The third-order valence-corrected chi connectivity index (χ3v) is 3.30. The standard InChI is InChI=1S/C14H26N2O5/c1-11(2)9-15(4-6-20-3)14(19)16-5-7-21-10-12(16)8-13(17)18/h11-12H,4-10H2,1-3H3,(H,17,18). The van der Waals surface area contributed by atoms with Gasteiger partial charge in [0.1, 0.15) is 0 Å². The van der Waals surface area contributed by atoms with Crippen LogP contribution in [-0.2, 0) is 14.3 Å². The van der Waals surface area contributed by atoms with Crippen LogP contribution < -0.4 is 0 Å². The number of carboxylic acids is 1. The van der Waals surface area contributed by atoms with Gasteiger partial charge < -0.3 is 24.4 Å². The topological polar surface area (TPSA) is 79.3 Å². The maximum atomic E-state index is 12.7. The van der Waals surface area contributed by atoms with E-state index >= 15 is 0 Å². The molecule has 1 N–H and O–H groups in total. The summed E-state index contributed by atoms with van der Waals surface area (Å²) in [5, 5.41) is 8.96. The highest BCUT2D eigenvalue weighted by Crippen LogP contribution is 2.14. The van der Waals surface area contributed by atoms with Crippen molar-refractivity contribution < 1.29 is 24.2 Å². The number of rotatable bonds is 7. The van der Waals surface area contributed by atoms with E-state index in [4.69, 9.17) is 14.6 Å². The number of hydrogen-bond acceptors (Lipinski definition) is 4. The minimum Gasteiger partial charge on any atom is -0.481 e. The third kappa shape index (κ3) is 5.89. The van der Waals surface area contributed by atoms with E-state index in [1.165, 1.54) is 0 Å². The zero-order valence-electron chi connectivity index (χ0n) is 13.1. The third-order valence-electron chi connectivity index (χ3n) is 3.30. The van der Waals surface area contributed by atoms with Crippen molar-refractivity contribution in [3.63, 3.8) is 0 Å². The van der Waals surface area contributed by atoms with Crippen molar-refractivity contribution in [1.82, 2.24) is 9.80 Å². The maximum Gasteiger partial charge on any atom is 0.320 e. The van der Waals surface area contributed by atoms with Gasteiger partial charge in [-0.1, -0.05) is 13.8 Å². The van der Waals surface area contributed by atoms with Crippen LogP contribution >= 0.6 is 0 Å². The van der Waals surface area contributed by atoms with Crippen LogP contribution in [0, 0.1) is 5.92 Å². The lowest BCUT2D eigenvalue weighted by molar-refractivity contribution is -0.139. The smallest absolute Gasteiger partial charge is 0.320 e. The molecule has 1 rings (SSSR count). The molecular weight excluding hydrogens is 276 g/mol. The number of carbonyl (C=O) groups excluding carboxylic acids is 1. The van der Waals surface area contributed by atoms with E-state index in [0.29, 0.717) is 38.8 Å². The van der Waals surface area contributed by atoms with Gasteiger partial charge in [0.2, 0.25) is 0 Å². The molecule has 2 amide bonds.